The lowest BCUT2D eigenvalue weighted by atomic mass is 9.93. The van der Waals surface area contributed by atoms with Crippen LogP contribution in [0.3, 0.4) is 0 Å². The number of carbonyl (C=O) groups is 1. The van der Waals surface area contributed by atoms with Crippen LogP contribution in [0.5, 0.6) is 0 Å². The molecule has 84 valence electrons. The van der Waals surface area contributed by atoms with Crippen molar-refractivity contribution in [3.63, 3.8) is 0 Å². The van der Waals surface area contributed by atoms with Gasteiger partial charge in [-0.2, -0.15) is 0 Å². The van der Waals surface area contributed by atoms with E-state index in [-0.39, 0.29) is 12.5 Å². The van der Waals surface area contributed by atoms with Crippen LogP contribution in [-0.2, 0) is 9.53 Å². The molecule has 0 aromatic heterocycles. The van der Waals surface area contributed by atoms with E-state index in [9.17, 15) is 4.79 Å². The third-order valence-corrected chi connectivity index (χ3v) is 5.55. The molecule has 0 amide bonds. The molecule has 2 aliphatic carbocycles. The summed E-state index contributed by atoms with van der Waals surface area (Å²) in [5, 5.41) is 0.828. The second-order valence-corrected chi connectivity index (χ2v) is 6.12. The third kappa shape index (κ3) is 1.57. The minimum atomic E-state index is -0.761. The summed E-state index contributed by atoms with van der Waals surface area (Å²) in [5.74, 6) is -0.0723. The van der Waals surface area contributed by atoms with Gasteiger partial charge in [-0.3, -0.25) is 4.79 Å². The zero-order chi connectivity index (χ0) is 11.3. The second kappa shape index (κ2) is 3.69. The summed E-state index contributed by atoms with van der Waals surface area (Å²) in [5.41, 5.74) is 0. The van der Waals surface area contributed by atoms with Crippen LogP contribution in [-0.4, -0.2) is 22.8 Å². The molecule has 0 radical (unpaired) electrons. The van der Waals surface area contributed by atoms with Crippen molar-refractivity contribution in [1.82, 2.24) is 0 Å². The van der Waals surface area contributed by atoms with Gasteiger partial charge < -0.3 is 4.74 Å². The van der Waals surface area contributed by atoms with Crippen molar-refractivity contribution < 1.29 is 9.53 Å². The molecule has 0 heterocycles. The topological polar surface area (TPSA) is 26.3 Å². The van der Waals surface area contributed by atoms with Crippen LogP contribution in [0.15, 0.2) is 10.1 Å². The second-order valence-electron chi connectivity index (χ2n) is 3.96. The molecule has 0 saturated heterocycles. The fourth-order valence-corrected chi connectivity index (χ4v) is 4.16. The van der Waals surface area contributed by atoms with Gasteiger partial charge in [-0.1, -0.05) is 23.2 Å². The predicted molar refractivity (Wildman–Crippen MR) is 60.6 cm³/mol. The number of hydrogen-bond acceptors (Lipinski definition) is 2. The van der Waals surface area contributed by atoms with E-state index in [2.05, 4.69) is 0 Å². The van der Waals surface area contributed by atoms with Crippen molar-refractivity contribution in [3.8, 4) is 0 Å². The molecule has 6 heteroatoms. The molecule has 3 atom stereocenters. The van der Waals surface area contributed by atoms with Crippen LogP contribution in [0.1, 0.15) is 12.8 Å². The molecule has 0 unspecified atom stereocenters. The Kier molecular flexibility index (Phi) is 2.92. The molecule has 0 spiro atoms. The highest BCUT2D eigenvalue weighted by Gasteiger charge is 2.63. The molecule has 0 aromatic rings. The van der Waals surface area contributed by atoms with Gasteiger partial charge in [-0.15, -0.1) is 23.2 Å². The van der Waals surface area contributed by atoms with Crippen LogP contribution >= 0.6 is 46.4 Å². The molecule has 0 aliphatic heterocycles. The summed E-state index contributed by atoms with van der Waals surface area (Å²) >= 11 is 24.7. The first kappa shape index (κ1) is 11.8. The molecule has 1 saturated carbocycles. The lowest BCUT2D eigenvalue weighted by Crippen LogP contribution is -2.31. The minimum absolute atomic E-state index is 0.0723. The largest absolute Gasteiger partial charge is 0.468 e. The molecular weight excluding hydrogens is 282 g/mol. The number of fused-ring (bicyclic) bond motifs is 2. The molecule has 0 N–H and O–H groups in total. The van der Waals surface area contributed by atoms with E-state index < -0.39 is 9.75 Å². The number of alkyl halides is 2. The minimum Gasteiger partial charge on any atom is -0.468 e. The Bertz CT molecular complexity index is 343. The molecule has 15 heavy (non-hydrogen) atoms. The quantitative estimate of drug-likeness (QED) is 0.589. The number of ether oxygens (including phenoxy) is 1. The van der Waals surface area contributed by atoms with Crippen LogP contribution in [0, 0.1) is 5.92 Å². The zero-order valence-corrected chi connectivity index (χ0v) is 10.6. The SMILES string of the molecule is O=COC[C@@H]1C[C@]2(Cl)C[C@]1(Cl)C(Cl)=C2Cl. The summed E-state index contributed by atoms with van der Waals surface area (Å²) in [6, 6.07) is 0. The van der Waals surface area contributed by atoms with Crippen molar-refractivity contribution in [1.29, 1.82) is 0 Å². The summed E-state index contributed by atoms with van der Waals surface area (Å²) in [6.07, 6.45) is 1.08. The predicted octanol–water partition coefficient (Wildman–Crippen LogP) is 3.23. The van der Waals surface area contributed by atoms with Gasteiger partial charge in [0.15, 0.2) is 0 Å². The number of carbonyl (C=O) groups excluding carboxylic acids is 1. The van der Waals surface area contributed by atoms with E-state index in [1.807, 2.05) is 0 Å². The van der Waals surface area contributed by atoms with E-state index in [4.69, 9.17) is 51.1 Å². The lowest BCUT2D eigenvalue weighted by molar-refractivity contribution is -0.130. The van der Waals surface area contributed by atoms with Crippen molar-refractivity contribution in [2.45, 2.75) is 22.6 Å². The van der Waals surface area contributed by atoms with Gasteiger partial charge in [0.1, 0.15) is 0 Å². The Morgan fingerprint density at radius 1 is 1.40 bits per heavy atom. The zero-order valence-electron chi connectivity index (χ0n) is 7.60. The van der Waals surface area contributed by atoms with Crippen LogP contribution < -0.4 is 0 Å². The molecule has 2 bridgehead atoms. The van der Waals surface area contributed by atoms with Crippen LogP contribution in [0.25, 0.3) is 0 Å². The number of hydrogen-bond donors (Lipinski definition) is 0. The maximum Gasteiger partial charge on any atom is 0.293 e. The standard InChI is InChI=1S/C9H8Cl4O2/c10-6-7(11)9(13)3-8(6,12)1-5(9)2-15-4-14/h4-5H,1-3H2/t5-,8-,9+/m0/s1. The van der Waals surface area contributed by atoms with E-state index in [1.54, 1.807) is 0 Å². The van der Waals surface area contributed by atoms with Crippen molar-refractivity contribution in [3.05, 3.63) is 10.1 Å². The van der Waals surface area contributed by atoms with E-state index >= 15 is 0 Å². The average molecular weight is 290 g/mol. The fourth-order valence-electron chi connectivity index (χ4n) is 2.33. The summed E-state index contributed by atoms with van der Waals surface area (Å²) in [6.45, 7) is 0.619. The first-order valence-electron chi connectivity index (χ1n) is 4.43. The Hall–Kier alpha value is 0.370. The summed E-state index contributed by atoms with van der Waals surface area (Å²) < 4.78 is 4.72. The van der Waals surface area contributed by atoms with Gasteiger partial charge in [0.2, 0.25) is 0 Å². The van der Waals surface area contributed by atoms with Crippen molar-refractivity contribution >= 4 is 52.9 Å². The molecule has 2 aliphatic rings. The van der Waals surface area contributed by atoms with Crippen LogP contribution in [0.4, 0.5) is 0 Å². The molecular formula is C9H8Cl4O2. The third-order valence-electron chi connectivity index (χ3n) is 3.07. The van der Waals surface area contributed by atoms with Gasteiger partial charge in [0, 0.05) is 5.92 Å². The molecule has 2 nitrogen and oxygen atoms in total. The average Bonchev–Trinajstić information content (AvgIpc) is 2.54. The normalized spacial score (nSPS) is 43.6. The first-order valence-corrected chi connectivity index (χ1v) is 5.94. The van der Waals surface area contributed by atoms with Gasteiger partial charge in [0.05, 0.1) is 26.4 Å². The van der Waals surface area contributed by atoms with Crippen molar-refractivity contribution in [2.24, 2.45) is 5.92 Å². The Balaban J connectivity index is 2.26. The smallest absolute Gasteiger partial charge is 0.293 e. The van der Waals surface area contributed by atoms with Gasteiger partial charge >= 0.3 is 0 Å². The fraction of sp³-hybridized carbons (Fsp3) is 0.667. The molecule has 1 fully saturated rings. The van der Waals surface area contributed by atoms with E-state index in [1.165, 1.54) is 0 Å². The van der Waals surface area contributed by atoms with Crippen molar-refractivity contribution in [2.75, 3.05) is 6.61 Å². The van der Waals surface area contributed by atoms with Crippen LogP contribution in [0.2, 0.25) is 0 Å². The highest BCUT2D eigenvalue weighted by molar-refractivity contribution is 6.50. The number of allylic oxidation sites excluding steroid dienone is 2. The highest BCUT2D eigenvalue weighted by Crippen LogP contribution is 2.65. The Labute approximate surface area is 107 Å². The highest BCUT2D eigenvalue weighted by atomic mass is 35.5. The number of halogens is 4. The van der Waals surface area contributed by atoms with Gasteiger partial charge in [0.25, 0.3) is 6.47 Å². The molecule has 2 rings (SSSR count). The number of rotatable bonds is 3. The summed E-state index contributed by atoms with van der Waals surface area (Å²) in [7, 11) is 0. The Morgan fingerprint density at radius 2 is 2.07 bits per heavy atom. The Morgan fingerprint density at radius 3 is 2.53 bits per heavy atom. The first-order chi connectivity index (χ1) is 6.94. The van der Waals surface area contributed by atoms with E-state index in [0.29, 0.717) is 29.4 Å². The molecule has 0 aromatic carbocycles. The monoisotopic (exact) mass is 288 g/mol. The maximum atomic E-state index is 10.1. The van der Waals surface area contributed by atoms with Gasteiger partial charge in [-0.05, 0) is 12.8 Å². The van der Waals surface area contributed by atoms with E-state index in [0.717, 1.165) is 0 Å². The van der Waals surface area contributed by atoms with Gasteiger partial charge in [-0.25, -0.2) is 0 Å². The summed E-state index contributed by atoms with van der Waals surface area (Å²) in [4.78, 5) is 8.70. The lowest BCUT2D eigenvalue weighted by Gasteiger charge is -2.29. The maximum absolute atomic E-state index is 10.1.